The van der Waals surface area contributed by atoms with E-state index in [-0.39, 0.29) is 18.3 Å². The van der Waals surface area contributed by atoms with Gasteiger partial charge >= 0.3 is 5.97 Å². The Labute approximate surface area is 123 Å². The van der Waals surface area contributed by atoms with E-state index in [1.807, 2.05) is 0 Å². The van der Waals surface area contributed by atoms with Crippen molar-refractivity contribution in [2.75, 3.05) is 20.1 Å². The van der Waals surface area contributed by atoms with Crippen LogP contribution in [0.3, 0.4) is 0 Å². The number of amides is 1. The lowest BCUT2D eigenvalue weighted by molar-refractivity contribution is -0.143. The zero-order valence-electron chi connectivity index (χ0n) is 12.3. The fraction of sp³-hybridized carbons (Fsp3) is 0.467. The summed E-state index contributed by atoms with van der Waals surface area (Å²) in [4.78, 5) is 24.2. The fourth-order valence-corrected chi connectivity index (χ4v) is 2.06. The van der Waals surface area contributed by atoms with E-state index < -0.39 is 12.0 Å². The molecule has 0 saturated carbocycles. The number of halogens is 1. The van der Waals surface area contributed by atoms with Crippen molar-refractivity contribution < 1.29 is 19.1 Å². The van der Waals surface area contributed by atoms with Crippen LogP contribution in [0.15, 0.2) is 24.3 Å². The topological polar surface area (TPSA) is 69.6 Å². The summed E-state index contributed by atoms with van der Waals surface area (Å²) in [6.07, 6.45) is 1.04. The van der Waals surface area contributed by atoms with E-state index in [4.69, 9.17) is 5.11 Å². The summed E-state index contributed by atoms with van der Waals surface area (Å²) in [7, 11) is 1.61. The number of hydrogen-bond acceptors (Lipinski definition) is 3. The fourth-order valence-electron chi connectivity index (χ4n) is 2.06. The van der Waals surface area contributed by atoms with E-state index in [1.165, 1.54) is 17.0 Å². The molecule has 0 aromatic heterocycles. The summed E-state index contributed by atoms with van der Waals surface area (Å²) in [6.45, 7) is 2.23. The smallest absolute Gasteiger partial charge is 0.320 e. The Balaban J connectivity index is 2.33. The maximum absolute atomic E-state index is 12.7. The predicted octanol–water partition coefficient (Wildman–Crippen LogP) is 1.28. The molecule has 21 heavy (non-hydrogen) atoms. The number of hydrogen-bond donors (Lipinski definition) is 2. The highest BCUT2D eigenvalue weighted by Crippen LogP contribution is 2.03. The van der Waals surface area contributed by atoms with Gasteiger partial charge in [-0.2, -0.15) is 0 Å². The molecule has 0 heterocycles. The first-order valence-corrected chi connectivity index (χ1v) is 6.88. The Hall–Kier alpha value is -1.95. The maximum atomic E-state index is 12.7. The quantitative estimate of drug-likeness (QED) is 0.758. The van der Waals surface area contributed by atoms with Crippen LogP contribution in [0.5, 0.6) is 0 Å². The van der Waals surface area contributed by atoms with Crippen LogP contribution in [0.4, 0.5) is 4.39 Å². The molecule has 1 aromatic carbocycles. The van der Waals surface area contributed by atoms with Crippen molar-refractivity contribution in [3.63, 3.8) is 0 Å². The first-order chi connectivity index (χ1) is 9.93. The summed E-state index contributed by atoms with van der Waals surface area (Å²) in [6, 6.07) is 5.44. The predicted molar refractivity (Wildman–Crippen MR) is 77.5 cm³/mol. The average Bonchev–Trinajstić information content (AvgIpc) is 2.41. The van der Waals surface area contributed by atoms with Crippen LogP contribution in [0.2, 0.25) is 0 Å². The molecule has 0 aliphatic rings. The summed E-state index contributed by atoms with van der Waals surface area (Å²) >= 11 is 0. The Morgan fingerprint density at radius 3 is 2.48 bits per heavy atom. The van der Waals surface area contributed by atoms with Gasteiger partial charge in [0.1, 0.15) is 11.9 Å². The summed E-state index contributed by atoms with van der Waals surface area (Å²) < 4.78 is 12.7. The third-order valence-electron chi connectivity index (χ3n) is 3.25. The zero-order valence-corrected chi connectivity index (χ0v) is 12.3. The van der Waals surface area contributed by atoms with Crippen LogP contribution in [-0.4, -0.2) is 48.1 Å². The van der Waals surface area contributed by atoms with Crippen molar-refractivity contribution in [2.24, 2.45) is 0 Å². The van der Waals surface area contributed by atoms with Crippen LogP contribution in [0, 0.1) is 5.82 Å². The normalized spacial score (nSPS) is 12.2. The van der Waals surface area contributed by atoms with Gasteiger partial charge in [-0.25, -0.2) is 4.39 Å². The maximum Gasteiger partial charge on any atom is 0.320 e. The Morgan fingerprint density at radius 2 is 1.95 bits per heavy atom. The molecule has 0 radical (unpaired) electrons. The van der Waals surface area contributed by atoms with Gasteiger partial charge in [0.05, 0.1) is 6.54 Å². The van der Waals surface area contributed by atoms with Crippen LogP contribution in [0.25, 0.3) is 0 Å². The third-order valence-corrected chi connectivity index (χ3v) is 3.25. The second-order valence-corrected chi connectivity index (χ2v) is 4.90. The number of carbonyl (C=O) groups is 2. The minimum Gasteiger partial charge on any atom is -0.480 e. The van der Waals surface area contributed by atoms with Gasteiger partial charge in [0.15, 0.2) is 0 Å². The van der Waals surface area contributed by atoms with E-state index in [1.54, 1.807) is 26.1 Å². The molecule has 116 valence electrons. The lowest BCUT2D eigenvalue weighted by Crippen LogP contribution is -2.44. The van der Waals surface area contributed by atoms with Crippen LogP contribution < -0.4 is 5.32 Å². The molecule has 0 aliphatic heterocycles. The van der Waals surface area contributed by atoms with Crippen molar-refractivity contribution >= 4 is 11.9 Å². The van der Waals surface area contributed by atoms with Crippen LogP contribution in [-0.2, 0) is 16.0 Å². The highest BCUT2D eigenvalue weighted by Gasteiger charge is 2.21. The molecule has 1 atom stereocenters. The van der Waals surface area contributed by atoms with Gasteiger partial charge in [0.2, 0.25) is 5.91 Å². The number of aliphatic carboxylic acids is 1. The lowest BCUT2D eigenvalue weighted by atomic mass is 10.1. The van der Waals surface area contributed by atoms with Gasteiger partial charge in [-0.05, 0) is 37.6 Å². The average molecular weight is 296 g/mol. The zero-order chi connectivity index (χ0) is 15.8. The van der Waals surface area contributed by atoms with Gasteiger partial charge in [-0.15, -0.1) is 0 Å². The summed E-state index contributed by atoms with van der Waals surface area (Å²) in [5.41, 5.74) is 0.932. The SMILES string of the molecule is CCC(C(=O)O)N(C)CC(=O)NCCc1ccc(F)cc1. The number of nitrogens with one attached hydrogen (secondary N) is 1. The monoisotopic (exact) mass is 296 g/mol. The summed E-state index contributed by atoms with van der Waals surface area (Å²) in [5.74, 6) is -1.44. The van der Waals surface area contributed by atoms with Crippen LogP contribution in [0.1, 0.15) is 18.9 Å². The number of rotatable bonds is 8. The third kappa shape index (κ3) is 5.91. The van der Waals surface area contributed by atoms with Gasteiger partial charge in [-0.1, -0.05) is 19.1 Å². The first-order valence-electron chi connectivity index (χ1n) is 6.88. The molecule has 0 saturated heterocycles. The summed E-state index contributed by atoms with van der Waals surface area (Å²) in [5, 5.41) is 11.7. The molecule has 2 N–H and O–H groups in total. The second-order valence-electron chi connectivity index (χ2n) is 4.90. The van der Waals surface area contributed by atoms with Gasteiger partial charge < -0.3 is 10.4 Å². The first kappa shape index (κ1) is 17.1. The molecule has 0 spiro atoms. The largest absolute Gasteiger partial charge is 0.480 e. The molecule has 1 rings (SSSR count). The van der Waals surface area contributed by atoms with Crippen LogP contribution >= 0.6 is 0 Å². The van der Waals surface area contributed by atoms with Crippen molar-refractivity contribution in [1.29, 1.82) is 0 Å². The molecular weight excluding hydrogens is 275 g/mol. The van der Waals surface area contributed by atoms with E-state index in [0.29, 0.717) is 19.4 Å². The lowest BCUT2D eigenvalue weighted by Gasteiger charge is -2.22. The number of likely N-dealkylation sites (N-methyl/N-ethyl adjacent to an activating group) is 1. The number of carboxylic acids is 1. The number of nitrogens with zero attached hydrogens (tertiary/aromatic N) is 1. The van der Waals surface area contributed by atoms with Crippen molar-refractivity contribution in [2.45, 2.75) is 25.8 Å². The number of carboxylic acid groups (broad SMARTS) is 1. The molecule has 6 heteroatoms. The standard InChI is InChI=1S/C15H21FN2O3/c1-3-13(15(20)21)18(2)10-14(19)17-9-8-11-4-6-12(16)7-5-11/h4-7,13H,3,8-10H2,1-2H3,(H,17,19)(H,20,21). The van der Waals surface area contributed by atoms with E-state index in [2.05, 4.69) is 5.32 Å². The molecule has 0 fully saturated rings. The molecule has 1 amide bonds. The Bertz CT molecular complexity index is 476. The molecule has 0 aliphatic carbocycles. The van der Waals surface area contributed by atoms with E-state index >= 15 is 0 Å². The number of carbonyl (C=O) groups excluding carboxylic acids is 1. The molecule has 1 aromatic rings. The molecule has 0 bridgehead atoms. The second kappa shape index (κ2) is 8.36. The minimum absolute atomic E-state index is 0.0359. The van der Waals surface area contributed by atoms with Gasteiger partial charge in [0.25, 0.3) is 0 Å². The van der Waals surface area contributed by atoms with Gasteiger partial charge in [-0.3, -0.25) is 14.5 Å². The highest BCUT2D eigenvalue weighted by molar-refractivity contribution is 5.79. The number of benzene rings is 1. The molecule has 5 nitrogen and oxygen atoms in total. The van der Waals surface area contributed by atoms with Crippen molar-refractivity contribution in [3.05, 3.63) is 35.6 Å². The van der Waals surface area contributed by atoms with E-state index in [0.717, 1.165) is 5.56 Å². The van der Waals surface area contributed by atoms with Gasteiger partial charge in [0, 0.05) is 6.54 Å². The molecule has 1 unspecified atom stereocenters. The Kier molecular flexibility index (Phi) is 6.81. The van der Waals surface area contributed by atoms with Crippen molar-refractivity contribution in [1.82, 2.24) is 10.2 Å². The molecular formula is C15H21FN2O3. The Morgan fingerprint density at radius 1 is 1.33 bits per heavy atom. The minimum atomic E-state index is -0.931. The van der Waals surface area contributed by atoms with Crippen molar-refractivity contribution in [3.8, 4) is 0 Å². The highest BCUT2D eigenvalue weighted by atomic mass is 19.1. The van der Waals surface area contributed by atoms with E-state index in [9.17, 15) is 14.0 Å².